The van der Waals surface area contributed by atoms with Crippen LogP contribution in [0.4, 0.5) is 0 Å². The van der Waals surface area contributed by atoms with Crippen molar-refractivity contribution in [1.82, 2.24) is 0 Å². The van der Waals surface area contributed by atoms with Crippen LogP contribution in [0.2, 0.25) is 0 Å². The van der Waals surface area contributed by atoms with Gasteiger partial charge < -0.3 is 4.42 Å². The fourth-order valence-electron chi connectivity index (χ4n) is 8.27. The fourth-order valence-corrected chi connectivity index (χ4v) is 9.22. The first kappa shape index (κ1) is 51.1. The maximum atomic E-state index is 6.00. The molecule has 1 aromatic heterocycles. The van der Waals surface area contributed by atoms with Gasteiger partial charge in [0.15, 0.2) is 0 Å². The highest BCUT2D eigenvalue weighted by Crippen LogP contribution is 2.52. The summed E-state index contributed by atoms with van der Waals surface area (Å²) in [7, 11) is -0.520. The molecule has 0 saturated heterocycles. The number of hydrogen-bond acceptors (Lipinski definition) is 1. The van der Waals surface area contributed by atoms with Gasteiger partial charge in [-0.1, -0.05) is 199 Å². The van der Waals surface area contributed by atoms with E-state index < -0.39 is 10.0 Å². The van der Waals surface area contributed by atoms with Gasteiger partial charge in [0.2, 0.25) is 0 Å². The van der Waals surface area contributed by atoms with Gasteiger partial charge in [0.25, 0.3) is 0 Å². The van der Waals surface area contributed by atoms with Gasteiger partial charge in [-0.05, 0) is 152 Å². The van der Waals surface area contributed by atoms with E-state index in [0.717, 1.165) is 30.6 Å². The number of fused-ring (bicyclic) bond motifs is 6. The zero-order valence-corrected chi connectivity index (χ0v) is 42.4. The van der Waals surface area contributed by atoms with Crippen molar-refractivity contribution in [2.75, 3.05) is 18.8 Å². The minimum Gasteiger partial charge on any atom is -0.456 e. The van der Waals surface area contributed by atoms with Gasteiger partial charge in [0, 0.05) is 16.4 Å². The molecule has 336 valence electrons. The average Bonchev–Trinajstić information content (AvgIpc) is 3.75. The molecular formula is C62H76OS. The van der Waals surface area contributed by atoms with Gasteiger partial charge in [-0.25, -0.2) is 10.0 Å². The third kappa shape index (κ3) is 12.6. The Balaban J connectivity index is 0.000000186. The van der Waals surface area contributed by atoms with Crippen molar-refractivity contribution in [1.29, 1.82) is 0 Å². The zero-order valence-electron chi connectivity index (χ0n) is 41.5. The molecule has 0 spiro atoms. The Kier molecular flexibility index (Phi) is 18.2. The molecule has 0 unspecified atom stereocenters. The molecule has 0 aliphatic heterocycles. The van der Waals surface area contributed by atoms with Crippen LogP contribution >= 0.6 is 10.0 Å². The van der Waals surface area contributed by atoms with E-state index in [4.69, 9.17) is 4.42 Å². The Labute approximate surface area is 390 Å². The van der Waals surface area contributed by atoms with E-state index in [-0.39, 0.29) is 5.41 Å². The summed E-state index contributed by atoms with van der Waals surface area (Å²) >= 11 is 0. The summed E-state index contributed by atoms with van der Waals surface area (Å²) in [5.74, 6) is 1.67. The summed E-state index contributed by atoms with van der Waals surface area (Å²) in [6.45, 7) is 37.1. The topological polar surface area (TPSA) is 13.1 Å². The van der Waals surface area contributed by atoms with Crippen molar-refractivity contribution in [2.45, 2.75) is 98.8 Å². The van der Waals surface area contributed by atoms with Crippen LogP contribution in [0.5, 0.6) is 0 Å². The second-order valence-electron chi connectivity index (χ2n) is 18.6. The Hall–Kier alpha value is -5.57. The molecule has 2 aliphatic carbocycles. The van der Waals surface area contributed by atoms with Crippen LogP contribution in [0, 0.1) is 40.5 Å². The van der Waals surface area contributed by atoms with E-state index in [1.165, 1.54) is 88.2 Å². The highest BCUT2D eigenvalue weighted by atomic mass is 32.3. The highest BCUT2D eigenvalue weighted by molar-refractivity contribution is 8.32. The summed E-state index contributed by atoms with van der Waals surface area (Å²) < 4.78 is 6.00. The smallest absolute Gasteiger partial charge is 0.135 e. The van der Waals surface area contributed by atoms with Crippen molar-refractivity contribution < 1.29 is 4.42 Å². The summed E-state index contributed by atoms with van der Waals surface area (Å²) in [4.78, 5) is 1.49. The quantitative estimate of drug-likeness (QED) is 0.146. The van der Waals surface area contributed by atoms with Crippen LogP contribution in [0.1, 0.15) is 109 Å². The molecule has 0 amide bonds. The number of hydrogen-bond donors (Lipinski definition) is 0. The summed E-state index contributed by atoms with van der Waals surface area (Å²) in [6, 6.07) is 34.8. The second kappa shape index (κ2) is 22.9. The molecule has 0 radical (unpaired) electrons. The second-order valence-corrected chi connectivity index (χ2v) is 22.8. The molecule has 1 heterocycles. The number of rotatable bonds is 7. The minimum absolute atomic E-state index is 0.0406. The molecule has 0 fully saturated rings. The van der Waals surface area contributed by atoms with Crippen LogP contribution in [0.3, 0.4) is 0 Å². The normalized spacial score (nSPS) is 13.3. The molecule has 6 aromatic rings. The van der Waals surface area contributed by atoms with Gasteiger partial charge >= 0.3 is 0 Å². The molecule has 2 heteroatoms. The highest BCUT2D eigenvalue weighted by Gasteiger charge is 2.37. The van der Waals surface area contributed by atoms with Gasteiger partial charge in [-0.2, -0.15) is 0 Å². The molecule has 0 atom stereocenters. The number of benzene rings is 5. The summed E-state index contributed by atoms with van der Waals surface area (Å²) in [5, 5.41) is 1.30. The lowest BCUT2D eigenvalue weighted by Crippen LogP contribution is -2.15. The Bertz CT molecular complexity index is 2590. The van der Waals surface area contributed by atoms with Crippen LogP contribution in [0.15, 0.2) is 163 Å². The number of aryl methyl sites for hydroxylation is 6. The maximum absolute atomic E-state index is 6.00. The largest absolute Gasteiger partial charge is 0.456 e. The van der Waals surface area contributed by atoms with E-state index in [1.54, 1.807) is 6.08 Å². The first-order valence-corrected chi connectivity index (χ1v) is 25.7. The molecule has 2 aliphatic rings. The fraction of sp³-hybridized carbons (Fsp3) is 0.290. The third-order valence-electron chi connectivity index (χ3n) is 12.1. The number of allylic oxidation sites excluding steroid dienone is 6. The molecule has 1 nitrogen and oxygen atoms in total. The van der Waals surface area contributed by atoms with Gasteiger partial charge in [0.1, 0.15) is 11.3 Å². The van der Waals surface area contributed by atoms with Gasteiger partial charge in [-0.3, -0.25) is 0 Å². The van der Waals surface area contributed by atoms with E-state index in [1.807, 2.05) is 30.4 Å². The van der Waals surface area contributed by atoms with Crippen molar-refractivity contribution >= 4 is 38.7 Å². The third-order valence-corrected chi connectivity index (χ3v) is 13.8. The van der Waals surface area contributed by atoms with Gasteiger partial charge in [-0.15, -0.1) is 0 Å². The molecule has 0 bridgehead atoms. The SMILES string of the molecule is C=C/C=C(\C=C)CC.C=Cc1c(C)cc2c(c1C=C)-c1ccc(C)cc1C2(C)C.CC(C)C1=CCCc2c1oc1ccccc21.Cc1ccc(C)cc1.Cc1ccc(S(C)(C)C)cc1. The molecule has 0 saturated carbocycles. The number of furan rings is 1. The summed E-state index contributed by atoms with van der Waals surface area (Å²) in [6.07, 6.45) is 22.1. The first-order chi connectivity index (χ1) is 30.3. The Morgan fingerprint density at radius 3 is 1.78 bits per heavy atom. The van der Waals surface area contributed by atoms with E-state index >= 15 is 0 Å². The lowest BCUT2D eigenvalue weighted by molar-refractivity contribution is 0.578. The lowest BCUT2D eigenvalue weighted by atomic mass is 9.80. The van der Waals surface area contributed by atoms with Gasteiger partial charge in [0.05, 0.1) is 0 Å². The average molecular weight is 869 g/mol. The van der Waals surface area contributed by atoms with Crippen molar-refractivity contribution in [3.05, 3.63) is 215 Å². The predicted octanol–water partition coefficient (Wildman–Crippen LogP) is 18.4. The molecule has 64 heavy (non-hydrogen) atoms. The molecular weight excluding hydrogens is 793 g/mol. The van der Waals surface area contributed by atoms with Crippen molar-refractivity contribution in [3.8, 4) is 11.1 Å². The van der Waals surface area contributed by atoms with Crippen molar-refractivity contribution in [2.24, 2.45) is 5.92 Å². The zero-order chi connectivity index (χ0) is 47.4. The molecule has 8 rings (SSSR count). The van der Waals surface area contributed by atoms with Crippen LogP contribution in [-0.4, -0.2) is 18.8 Å². The monoisotopic (exact) mass is 869 g/mol. The standard InChI is InChI=1S/C21H22.C15H16O.C10H16S.C8H10.C8H12/c1-7-15-14(4)12-19-20(16(15)8-2)17-10-9-13(3)11-18(17)21(19,5)6;1-10(2)11-7-5-8-13-12-6-3-4-9-14(12)16-15(11)13;1-9-5-7-10(8-6-9)11(2,3)4;1-7-3-5-8(2)6-4-7;1-4-7-8(5-2)6-3/h7-12H,1-2H2,3-6H3;3-4,6-7,9-10H,5,8H2,1-2H3;5-8H,1-4H3;3-6H,1-2H3;4-5,7H,1-2,6H2,3H3/b;;;;8-7+. The number of para-hydroxylation sites is 1. The first-order valence-electron chi connectivity index (χ1n) is 22.8. The van der Waals surface area contributed by atoms with E-state index in [9.17, 15) is 0 Å². The Morgan fingerprint density at radius 2 is 1.28 bits per heavy atom. The Morgan fingerprint density at radius 1 is 0.719 bits per heavy atom. The van der Waals surface area contributed by atoms with Crippen LogP contribution in [0.25, 0.3) is 39.8 Å². The minimum atomic E-state index is -0.520. The molecule has 0 N–H and O–H groups in total. The predicted molar refractivity (Wildman–Crippen MR) is 291 cm³/mol. The lowest BCUT2D eigenvalue weighted by Gasteiger charge is -2.25. The van der Waals surface area contributed by atoms with E-state index in [2.05, 4.69) is 211 Å². The summed E-state index contributed by atoms with van der Waals surface area (Å²) in [5.41, 5.74) is 19.6. The van der Waals surface area contributed by atoms with Crippen molar-refractivity contribution in [3.63, 3.8) is 0 Å². The molecule has 5 aromatic carbocycles. The van der Waals surface area contributed by atoms with Crippen LogP contribution < -0.4 is 0 Å². The van der Waals surface area contributed by atoms with Crippen LogP contribution in [-0.2, 0) is 11.8 Å². The van der Waals surface area contributed by atoms with E-state index in [0.29, 0.717) is 5.92 Å². The maximum Gasteiger partial charge on any atom is 0.135 e.